The molecule has 0 fully saturated rings. The van der Waals surface area contributed by atoms with Gasteiger partial charge in [-0.05, 0) is 12.8 Å². The molecule has 2 aliphatic rings. The molecule has 4 rings (SSSR count). The van der Waals surface area contributed by atoms with Crippen molar-refractivity contribution in [2.75, 3.05) is 0 Å². The second-order valence-electron chi connectivity index (χ2n) is 6.37. The molecule has 2 aromatic carbocycles. The first-order valence-corrected chi connectivity index (χ1v) is 10.4. The molecular formula is C25H23Cl2Zr-. The van der Waals surface area contributed by atoms with E-state index in [2.05, 4.69) is 97.1 Å². The molecule has 0 saturated heterocycles. The van der Waals surface area contributed by atoms with Crippen LogP contribution in [0.4, 0.5) is 0 Å². The van der Waals surface area contributed by atoms with Gasteiger partial charge in [-0.3, -0.25) is 6.08 Å². The van der Waals surface area contributed by atoms with E-state index in [1.165, 1.54) is 57.0 Å². The van der Waals surface area contributed by atoms with Crippen molar-refractivity contribution in [2.24, 2.45) is 0 Å². The zero-order valence-corrected chi connectivity index (χ0v) is 19.7. The predicted molar refractivity (Wildman–Crippen MR) is 108 cm³/mol. The van der Waals surface area contributed by atoms with Crippen molar-refractivity contribution in [3.05, 3.63) is 119 Å². The summed E-state index contributed by atoms with van der Waals surface area (Å²) in [5.74, 6) is 0. The van der Waals surface area contributed by atoms with E-state index in [1.807, 2.05) is 0 Å². The Kier molecular flexibility index (Phi) is 12.2. The zero-order chi connectivity index (χ0) is 18.0. The first-order valence-electron chi connectivity index (χ1n) is 9.13. The van der Waals surface area contributed by atoms with Crippen LogP contribution in [0.3, 0.4) is 0 Å². The third-order valence-corrected chi connectivity index (χ3v) is 5.87. The molecular weight excluding hydrogens is 462 g/mol. The van der Waals surface area contributed by atoms with E-state index in [9.17, 15) is 0 Å². The van der Waals surface area contributed by atoms with Crippen molar-refractivity contribution in [1.29, 1.82) is 0 Å². The monoisotopic (exact) mass is 483 g/mol. The summed E-state index contributed by atoms with van der Waals surface area (Å²) in [6.07, 6.45) is 18.9. The fourth-order valence-corrected chi connectivity index (χ4v) is 3.79. The molecule has 0 atom stereocenters. The van der Waals surface area contributed by atoms with E-state index in [-0.39, 0.29) is 24.8 Å². The molecule has 0 radical (unpaired) electrons. The van der Waals surface area contributed by atoms with E-state index in [1.54, 1.807) is 5.57 Å². The van der Waals surface area contributed by atoms with Gasteiger partial charge in [0.15, 0.2) is 0 Å². The maximum absolute atomic E-state index is 3.34. The molecule has 3 heteroatoms. The van der Waals surface area contributed by atoms with E-state index >= 15 is 0 Å². The summed E-state index contributed by atoms with van der Waals surface area (Å²) in [7, 11) is 0. The van der Waals surface area contributed by atoms with Crippen LogP contribution >= 0.6 is 0 Å². The van der Waals surface area contributed by atoms with Gasteiger partial charge in [-0.15, -0.1) is 6.42 Å². The summed E-state index contributed by atoms with van der Waals surface area (Å²) in [6.45, 7) is 0. The fraction of sp³-hybridized carbons (Fsp3) is 0.160. The molecule has 2 aliphatic carbocycles. The average Bonchev–Trinajstić information content (AvgIpc) is 3.41. The van der Waals surface area contributed by atoms with Crippen molar-refractivity contribution >= 4 is 3.21 Å². The summed E-state index contributed by atoms with van der Waals surface area (Å²) in [5, 5.41) is 0. The molecule has 0 nitrogen and oxygen atoms in total. The Hall–Kier alpha value is -1.27. The molecule has 28 heavy (non-hydrogen) atoms. The molecule has 0 unspecified atom stereocenters. The SMILES string of the molecule is [C-]1=C(CCC2=CC=CC2)C=CC1.[Cl-].[Cl-].[Zr+2]=[C](c1ccccc1)c1ccccc1. The van der Waals surface area contributed by atoms with E-state index < -0.39 is 0 Å². The van der Waals surface area contributed by atoms with Crippen LogP contribution < -0.4 is 24.8 Å². The summed E-state index contributed by atoms with van der Waals surface area (Å²) in [6, 6.07) is 21.1. The molecule has 2 aromatic rings. The third-order valence-electron chi connectivity index (χ3n) is 4.45. The first-order chi connectivity index (χ1) is 12.8. The second-order valence-corrected chi connectivity index (χ2v) is 7.60. The normalized spacial score (nSPS) is 13.5. The number of hydrogen-bond donors (Lipinski definition) is 0. The Labute approximate surface area is 196 Å². The van der Waals surface area contributed by atoms with Crippen LogP contribution in [0.25, 0.3) is 0 Å². The molecule has 0 aromatic heterocycles. The molecule has 0 saturated carbocycles. The van der Waals surface area contributed by atoms with Gasteiger partial charge in [-0.25, -0.2) is 11.6 Å². The number of allylic oxidation sites excluding steroid dienone is 8. The van der Waals surface area contributed by atoms with Gasteiger partial charge in [0.05, 0.1) is 0 Å². The van der Waals surface area contributed by atoms with Crippen LogP contribution in [0.15, 0.2) is 102 Å². The minimum atomic E-state index is 0. The number of hydrogen-bond acceptors (Lipinski definition) is 0. The summed E-state index contributed by atoms with van der Waals surface area (Å²) < 4.78 is 1.42. The Balaban J connectivity index is 0.000000264. The summed E-state index contributed by atoms with van der Waals surface area (Å²) in [5.41, 5.74) is 5.61. The molecule has 0 bridgehead atoms. The predicted octanol–water partition coefficient (Wildman–Crippen LogP) is 0.153. The van der Waals surface area contributed by atoms with E-state index in [0.29, 0.717) is 0 Å². The Morgan fingerprint density at radius 1 is 0.821 bits per heavy atom. The van der Waals surface area contributed by atoms with Crippen LogP contribution in [0.5, 0.6) is 0 Å². The number of rotatable bonds is 5. The van der Waals surface area contributed by atoms with Gasteiger partial charge in [0.2, 0.25) is 0 Å². The van der Waals surface area contributed by atoms with Gasteiger partial charge < -0.3 is 24.8 Å². The Bertz CT molecular complexity index is 805. The first kappa shape index (κ1) is 24.8. The van der Waals surface area contributed by atoms with Crippen molar-refractivity contribution in [2.45, 2.75) is 25.7 Å². The van der Waals surface area contributed by atoms with Gasteiger partial charge in [-0.1, -0.05) is 30.2 Å². The Morgan fingerprint density at radius 2 is 1.43 bits per heavy atom. The van der Waals surface area contributed by atoms with Crippen molar-refractivity contribution in [3.8, 4) is 0 Å². The topological polar surface area (TPSA) is 0 Å². The van der Waals surface area contributed by atoms with Crippen molar-refractivity contribution < 1.29 is 49.0 Å². The van der Waals surface area contributed by atoms with Gasteiger partial charge in [0.1, 0.15) is 0 Å². The molecule has 0 heterocycles. The summed E-state index contributed by atoms with van der Waals surface area (Å²) in [4.78, 5) is 0. The van der Waals surface area contributed by atoms with Gasteiger partial charge in [0.25, 0.3) is 0 Å². The van der Waals surface area contributed by atoms with Crippen LogP contribution in [0.1, 0.15) is 36.8 Å². The minimum absolute atomic E-state index is 0. The zero-order valence-electron chi connectivity index (χ0n) is 15.7. The van der Waals surface area contributed by atoms with Crippen LogP contribution in [0, 0.1) is 6.08 Å². The Morgan fingerprint density at radius 3 is 1.89 bits per heavy atom. The van der Waals surface area contributed by atoms with Gasteiger partial charge >= 0.3 is 99.2 Å². The molecule has 0 amide bonds. The molecule has 0 spiro atoms. The number of benzene rings is 2. The summed E-state index contributed by atoms with van der Waals surface area (Å²) >= 11 is 1.46. The third kappa shape index (κ3) is 8.00. The second kappa shape index (κ2) is 13.8. The molecule has 0 N–H and O–H groups in total. The molecule has 142 valence electrons. The van der Waals surface area contributed by atoms with Crippen LogP contribution in [-0.4, -0.2) is 3.21 Å². The van der Waals surface area contributed by atoms with Crippen LogP contribution in [0.2, 0.25) is 0 Å². The standard InChI is InChI=1S/C13H10.C12H13.2ClH.Zr/c1-3-7-12(8-4-1)11-13-9-5-2-6-10-13;1-2-6-11(5-1)9-10-12-7-3-4-8-12;;;/h1-10H;1-3,5,7H,4,6,9-10H2;2*1H;/q;-1;;;+2/p-2. The quantitative estimate of drug-likeness (QED) is 0.530. The molecule has 0 aliphatic heterocycles. The average molecular weight is 486 g/mol. The van der Waals surface area contributed by atoms with E-state index in [4.69, 9.17) is 0 Å². The van der Waals surface area contributed by atoms with Crippen molar-refractivity contribution in [1.82, 2.24) is 0 Å². The maximum atomic E-state index is 3.34. The van der Waals surface area contributed by atoms with E-state index in [0.717, 1.165) is 12.8 Å². The van der Waals surface area contributed by atoms with Crippen LogP contribution in [-0.2, 0) is 24.2 Å². The van der Waals surface area contributed by atoms with Crippen molar-refractivity contribution in [3.63, 3.8) is 0 Å². The van der Waals surface area contributed by atoms with Gasteiger partial charge in [0, 0.05) is 0 Å². The fourth-order valence-electron chi connectivity index (χ4n) is 2.97. The number of halogens is 2. The van der Waals surface area contributed by atoms with Gasteiger partial charge in [-0.2, -0.15) is 6.08 Å².